The molecule has 0 aliphatic carbocycles. The van der Waals surface area contributed by atoms with Crippen molar-refractivity contribution in [1.29, 1.82) is 5.26 Å². The lowest BCUT2D eigenvalue weighted by Gasteiger charge is -2.37. The predicted octanol–water partition coefficient (Wildman–Crippen LogP) is 2.06. The zero-order chi connectivity index (χ0) is 27.0. The highest BCUT2D eigenvalue weighted by Gasteiger charge is 2.34. The van der Waals surface area contributed by atoms with Gasteiger partial charge in [0, 0.05) is 51.1 Å². The van der Waals surface area contributed by atoms with E-state index >= 15 is 0 Å². The topological polar surface area (TPSA) is 150 Å². The molecule has 0 radical (unpaired) electrons. The molecule has 3 amide bonds. The smallest absolute Gasteiger partial charge is 0.341 e. The highest BCUT2D eigenvalue weighted by molar-refractivity contribution is 5.95. The summed E-state index contributed by atoms with van der Waals surface area (Å²) in [4.78, 5) is 37.8. The molecule has 0 saturated carbocycles. The van der Waals surface area contributed by atoms with E-state index in [2.05, 4.69) is 20.2 Å². The Morgan fingerprint density at radius 3 is 2.61 bits per heavy atom. The summed E-state index contributed by atoms with van der Waals surface area (Å²) < 4.78 is 15.6. The average molecular weight is 517 g/mol. The first-order valence-electron chi connectivity index (χ1n) is 12.0. The van der Waals surface area contributed by atoms with Gasteiger partial charge in [-0.3, -0.25) is 4.79 Å². The number of rotatable bonds is 4. The Morgan fingerprint density at radius 1 is 1.16 bits per heavy atom. The number of nitrogens with zero attached hydrogens (tertiary/aromatic N) is 9. The number of piperazine rings is 1. The fourth-order valence-corrected chi connectivity index (χ4v) is 4.82. The van der Waals surface area contributed by atoms with Crippen molar-refractivity contribution in [2.24, 2.45) is 10.8 Å². The van der Waals surface area contributed by atoms with Crippen LogP contribution in [0.5, 0.6) is 0 Å². The van der Waals surface area contributed by atoms with Gasteiger partial charge in [-0.25, -0.2) is 23.9 Å². The van der Waals surface area contributed by atoms with Crippen molar-refractivity contribution < 1.29 is 14.0 Å². The van der Waals surface area contributed by atoms with Gasteiger partial charge in [0.15, 0.2) is 5.82 Å². The van der Waals surface area contributed by atoms with Crippen LogP contribution in [-0.4, -0.2) is 74.0 Å². The number of benzene rings is 1. The van der Waals surface area contributed by atoms with Crippen molar-refractivity contribution >= 4 is 24.1 Å². The molecule has 0 spiro atoms. The first kappa shape index (κ1) is 24.8. The quantitative estimate of drug-likeness (QED) is 0.558. The van der Waals surface area contributed by atoms with Gasteiger partial charge in [-0.15, -0.1) is 0 Å². The molecule has 1 aromatic carbocycles. The van der Waals surface area contributed by atoms with Gasteiger partial charge in [0.25, 0.3) is 5.91 Å². The van der Waals surface area contributed by atoms with Gasteiger partial charge >= 0.3 is 6.03 Å². The number of urea groups is 1. The molecule has 194 valence electrons. The summed E-state index contributed by atoms with van der Waals surface area (Å²) in [5, 5.41) is 19.2. The number of halogens is 1. The number of hydrogen-bond acceptors (Lipinski definition) is 8. The number of carbonyl (C=O) groups excluding carboxylic acids is 2. The maximum absolute atomic E-state index is 14.0. The molecule has 13 heteroatoms. The third kappa shape index (κ3) is 4.52. The van der Waals surface area contributed by atoms with Gasteiger partial charge in [0.05, 0.1) is 34.6 Å². The van der Waals surface area contributed by atoms with Crippen LogP contribution >= 0.6 is 0 Å². The van der Waals surface area contributed by atoms with Crippen LogP contribution in [-0.2, 0) is 0 Å². The Balaban J connectivity index is 1.28. The zero-order valence-corrected chi connectivity index (χ0v) is 20.9. The number of aryl methyl sites for hydroxylation is 1. The van der Waals surface area contributed by atoms with E-state index in [-0.39, 0.29) is 11.6 Å². The summed E-state index contributed by atoms with van der Waals surface area (Å²) in [6.45, 7) is 5.26. The standard InChI is InChI=1S/C25H25FN10O2/c1-15-22(23(28)37)16(2)35(32-15)21-4-5-29-24(31-21)33-7-9-34(10-8-33)25(38)36-20(3-6-30-36)18-11-17(14-27)12-19(26)13-18/h4-6,11-13,20H,3,7-10H2,1-2H3,(H2,28,37). The molecule has 2 aliphatic rings. The van der Waals surface area contributed by atoms with E-state index in [0.717, 1.165) is 6.07 Å². The molecule has 2 aliphatic heterocycles. The highest BCUT2D eigenvalue weighted by Crippen LogP contribution is 2.31. The molecule has 1 saturated heterocycles. The number of primary amides is 1. The second-order valence-electron chi connectivity index (χ2n) is 9.07. The van der Waals surface area contributed by atoms with Crippen molar-refractivity contribution in [1.82, 2.24) is 29.7 Å². The number of nitrogens with two attached hydrogens (primary N) is 1. The van der Waals surface area contributed by atoms with Crippen LogP contribution in [0.2, 0.25) is 0 Å². The summed E-state index contributed by atoms with van der Waals surface area (Å²) in [6, 6.07) is 6.95. The summed E-state index contributed by atoms with van der Waals surface area (Å²) >= 11 is 0. The Kier molecular flexibility index (Phi) is 6.46. The number of nitriles is 1. The first-order chi connectivity index (χ1) is 18.3. The summed E-state index contributed by atoms with van der Waals surface area (Å²) in [7, 11) is 0. The van der Waals surface area contributed by atoms with Crippen LogP contribution in [0, 0.1) is 31.0 Å². The van der Waals surface area contributed by atoms with Gasteiger partial charge < -0.3 is 15.5 Å². The van der Waals surface area contributed by atoms with Crippen LogP contribution in [0.1, 0.15) is 45.3 Å². The van der Waals surface area contributed by atoms with Crippen molar-refractivity contribution in [3.8, 4) is 11.9 Å². The minimum atomic E-state index is -0.547. The van der Waals surface area contributed by atoms with Gasteiger partial charge in [-0.05, 0) is 37.6 Å². The number of carbonyl (C=O) groups is 2. The molecular weight excluding hydrogens is 491 g/mol. The Bertz CT molecular complexity index is 1490. The Hall–Kier alpha value is -4.86. The van der Waals surface area contributed by atoms with Crippen LogP contribution in [0.25, 0.3) is 5.82 Å². The van der Waals surface area contributed by atoms with Crippen LogP contribution in [0.4, 0.5) is 15.1 Å². The minimum absolute atomic E-state index is 0.196. The normalized spacial score (nSPS) is 17.1. The average Bonchev–Trinajstić information content (AvgIpc) is 3.52. The van der Waals surface area contributed by atoms with E-state index in [9.17, 15) is 19.2 Å². The number of hydrazone groups is 1. The number of anilines is 1. The van der Waals surface area contributed by atoms with Crippen LogP contribution in [0.15, 0.2) is 35.6 Å². The van der Waals surface area contributed by atoms with E-state index in [4.69, 9.17) is 5.73 Å². The van der Waals surface area contributed by atoms with E-state index in [1.54, 1.807) is 48.0 Å². The third-order valence-electron chi connectivity index (χ3n) is 6.68. The molecule has 1 atom stereocenters. The van der Waals surface area contributed by atoms with Gasteiger partial charge in [0.1, 0.15) is 5.82 Å². The van der Waals surface area contributed by atoms with Gasteiger partial charge in [0.2, 0.25) is 5.95 Å². The van der Waals surface area contributed by atoms with Crippen LogP contribution in [0.3, 0.4) is 0 Å². The molecular formula is C25H25FN10O2. The van der Waals surface area contributed by atoms with Crippen molar-refractivity contribution in [3.05, 3.63) is 64.4 Å². The minimum Gasteiger partial charge on any atom is -0.365 e. The molecule has 12 nitrogen and oxygen atoms in total. The fourth-order valence-electron chi connectivity index (χ4n) is 4.82. The van der Waals surface area contributed by atoms with Crippen LogP contribution < -0.4 is 10.6 Å². The third-order valence-corrected chi connectivity index (χ3v) is 6.68. The number of aromatic nitrogens is 4. The second-order valence-corrected chi connectivity index (χ2v) is 9.07. The molecule has 38 heavy (non-hydrogen) atoms. The Labute approximate surface area is 217 Å². The number of hydrogen-bond donors (Lipinski definition) is 1. The summed E-state index contributed by atoms with van der Waals surface area (Å²) in [5.74, 6) is -0.0966. The maximum Gasteiger partial charge on any atom is 0.341 e. The van der Waals surface area contributed by atoms with E-state index in [1.165, 1.54) is 11.1 Å². The van der Waals surface area contributed by atoms with Crippen molar-refractivity contribution in [2.75, 3.05) is 31.1 Å². The van der Waals surface area contributed by atoms with Crippen molar-refractivity contribution in [3.63, 3.8) is 0 Å². The molecule has 2 N–H and O–H groups in total. The zero-order valence-electron chi connectivity index (χ0n) is 20.9. The van der Waals surface area contributed by atoms with E-state index in [0.29, 0.717) is 66.9 Å². The summed E-state index contributed by atoms with van der Waals surface area (Å²) in [6.07, 6.45) is 3.68. The first-order valence-corrected chi connectivity index (χ1v) is 12.0. The summed E-state index contributed by atoms with van der Waals surface area (Å²) in [5.41, 5.74) is 7.69. The second kappa shape index (κ2) is 9.89. The molecule has 2 aromatic heterocycles. The van der Waals surface area contributed by atoms with E-state index < -0.39 is 17.8 Å². The number of amides is 3. The van der Waals surface area contributed by atoms with E-state index in [1.807, 2.05) is 11.0 Å². The highest BCUT2D eigenvalue weighted by atomic mass is 19.1. The van der Waals surface area contributed by atoms with Gasteiger partial charge in [-0.1, -0.05) is 0 Å². The largest absolute Gasteiger partial charge is 0.365 e. The lowest BCUT2D eigenvalue weighted by atomic mass is 10.0. The molecule has 5 rings (SSSR count). The lowest BCUT2D eigenvalue weighted by Crippen LogP contribution is -2.52. The SMILES string of the molecule is Cc1nn(-c2ccnc(N3CCN(C(=O)N4N=CCC4c4cc(F)cc(C#N)c4)CC3)n2)c(C)c1C(N)=O. The molecule has 3 aromatic rings. The monoisotopic (exact) mass is 516 g/mol. The molecule has 1 unspecified atom stereocenters. The molecule has 4 heterocycles. The van der Waals surface area contributed by atoms with Gasteiger partial charge in [-0.2, -0.15) is 20.4 Å². The maximum atomic E-state index is 14.0. The fraction of sp³-hybridized carbons (Fsp3) is 0.320. The van der Waals surface area contributed by atoms with Crippen molar-refractivity contribution in [2.45, 2.75) is 26.3 Å². The molecule has 1 fully saturated rings. The lowest BCUT2D eigenvalue weighted by molar-refractivity contribution is 0.0999. The Morgan fingerprint density at radius 2 is 1.92 bits per heavy atom. The predicted molar refractivity (Wildman–Crippen MR) is 135 cm³/mol. The molecule has 0 bridgehead atoms.